The number of aliphatic imine (C=N–C) groups is 1. The molecule has 1 aromatic rings. The zero-order valence-electron chi connectivity index (χ0n) is 8.77. The molecule has 1 aromatic heterocycles. The molecular formula is C8H14BrClN4S2. The van der Waals surface area contributed by atoms with Gasteiger partial charge in [0.2, 0.25) is 0 Å². The predicted molar refractivity (Wildman–Crippen MR) is 78.8 cm³/mol. The van der Waals surface area contributed by atoms with E-state index in [0.29, 0.717) is 5.96 Å². The van der Waals surface area contributed by atoms with Crippen LogP contribution in [0.25, 0.3) is 0 Å². The number of nitrogens with two attached hydrogens (primary N) is 1. The Labute approximate surface area is 118 Å². The third-order valence-corrected chi connectivity index (χ3v) is 4.25. The van der Waals surface area contributed by atoms with Crippen LogP contribution in [0.2, 0.25) is 0 Å². The van der Waals surface area contributed by atoms with E-state index in [2.05, 4.69) is 30.6 Å². The number of nitrogens with one attached hydrogen (secondary N) is 1. The lowest BCUT2D eigenvalue weighted by Gasteiger charge is -2.03. The lowest BCUT2D eigenvalue weighted by molar-refractivity contribution is 0.958. The zero-order valence-corrected chi connectivity index (χ0v) is 12.8. The van der Waals surface area contributed by atoms with Gasteiger partial charge in [-0.05, 0) is 27.5 Å². The van der Waals surface area contributed by atoms with Crippen molar-refractivity contribution in [1.29, 1.82) is 0 Å². The second-order valence-corrected chi connectivity index (χ2v) is 5.29. The summed E-state index contributed by atoms with van der Waals surface area (Å²) in [5.74, 6) is 2.40. The average molecular weight is 346 g/mol. The van der Waals surface area contributed by atoms with Crippen LogP contribution in [0, 0.1) is 0 Å². The van der Waals surface area contributed by atoms with Crippen LogP contribution < -0.4 is 11.1 Å². The van der Waals surface area contributed by atoms with Crippen LogP contribution in [0.3, 0.4) is 0 Å². The van der Waals surface area contributed by atoms with Crippen LogP contribution in [-0.4, -0.2) is 29.7 Å². The molecule has 0 saturated carbocycles. The molecule has 0 bridgehead atoms. The largest absolute Gasteiger partial charge is 0.370 e. The van der Waals surface area contributed by atoms with Crippen molar-refractivity contribution in [1.82, 2.24) is 9.69 Å². The van der Waals surface area contributed by atoms with Gasteiger partial charge in [-0.25, -0.2) is 0 Å². The molecule has 0 atom stereocenters. The van der Waals surface area contributed by atoms with Crippen molar-refractivity contribution < 1.29 is 0 Å². The molecule has 1 rings (SSSR count). The lowest BCUT2D eigenvalue weighted by atomic mass is 10.5. The van der Waals surface area contributed by atoms with Gasteiger partial charge in [0.1, 0.15) is 0 Å². The Hall–Kier alpha value is 0.0200. The first-order valence-electron chi connectivity index (χ1n) is 4.36. The van der Waals surface area contributed by atoms with E-state index in [9.17, 15) is 0 Å². The van der Waals surface area contributed by atoms with Gasteiger partial charge in [0.25, 0.3) is 0 Å². The number of guanidine groups is 1. The second kappa shape index (κ2) is 9.09. The quantitative estimate of drug-likeness (QED) is 0.487. The summed E-state index contributed by atoms with van der Waals surface area (Å²) in [6.07, 6.45) is 0. The van der Waals surface area contributed by atoms with Crippen LogP contribution in [0.1, 0.15) is 5.69 Å². The van der Waals surface area contributed by atoms with Gasteiger partial charge >= 0.3 is 0 Å². The van der Waals surface area contributed by atoms with E-state index in [-0.39, 0.29) is 12.4 Å². The maximum atomic E-state index is 5.49. The number of nitrogens with zero attached hydrogens (tertiary/aromatic N) is 2. The molecule has 8 heteroatoms. The van der Waals surface area contributed by atoms with E-state index in [1.807, 2.05) is 17.1 Å². The van der Waals surface area contributed by atoms with Crippen molar-refractivity contribution in [3.05, 3.63) is 15.5 Å². The van der Waals surface area contributed by atoms with Crippen LogP contribution in [0.4, 0.5) is 0 Å². The molecule has 0 amide bonds. The Kier molecular flexibility index (Phi) is 9.10. The van der Waals surface area contributed by atoms with Gasteiger partial charge in [-0.1, -0.05) is 0 Å². The molecule has 3 N–H and O–H groups in total. The highest BCUT2D eigenvalue weighted by Gasteiger charge is 2.02. The summed E-state index contributed by atoms with van der Waals surface area (Å²) in [6, 6.07) is 0. The minimum absolute atomic E-state index is 0. The van der Waals surface area contributed by atoms with Gasteiger partial charge < -0.3 is 11.1 Å². The first-order chi connectivity index (χ1) is 7.24. The molecule has 0 aliphatic heterocycles. The Bertz CT molecular complexity index is 332. The number of aromatic nitrogens is 1. The van der Waals surface area contributed by atoms with Crippen molar-refractivity contribution in [3.8, 4) is 0 Å². The van der Waals surface area contributed by atoms with Crippen LogP contribution in [0.15, 0.2) is 14.8 Å². The molecular weight excluding hydrogens is 332 g/mol. The van der Waals surface area contributed by atoms with Gasteiger partial charge in [0.05, 0.1) is 10.2 Å². The smallest absolute Gasteiger partial charge is 0.188 e. The summed E-state index contributed by atoms with van der Waals surface area (Å²) in [5.41, 5.74) is 6.60. The molecule has 16 heavy (non-hydrogen) atoms. The minimum Gasteiger partial charge on any atom is -0.370 e. The third-order valence-electron chi connectivity index (χ3n) is 1.63. The summed E-state index contributed by atoms with van der Waals surface area (Å²) in [5, 5.41) is 5.00. The summed E-state index contributed by atoms with van der Waals surface area (Å²) in [7, 11) is 1.67. The maximum absolute atomic E-state index is 5.49. The van der Waals surface area contributed by atoms with E-state index in [0.717, 1.165) is 28.2 Å². The number of hydrogen-bond donors (Lipinski definition) is 2. The van der Waals surface area contributed by atoms with Gasteiger partial charge in [0, 0.05) is 30.5 Å². The van der Waals surface area contributed by atoms with Gasteiger partial charge in [-0.3, -0.25) is 4.99 Å². The highest BCUT2D eigenvalue weighted by Crippen LogP contribution is 2.21. The first kappa shape index (κ1) is 16.0. The van der Waals surface area contributed by atoms with Gasteiger partial charge in [-0.15, -0.1) is 12.4 Å². The molecule has 0 fully saturated rings. The van der Waals surface area contributed by atoms with E-state index in [4.69, 9.17) is 5.73 Å². The Morgan fingerprint density at radius 3 is 3.06 bits per heavy atom. The zero-order chi connectivity index (χ0) is 11.1. The molecule has 0 aliphatic carbocycles. The van der Waals surface area contributed by atoms with Crippen molar-refractivity contribution in [2.75, 3.05) is 19.3 Å². The molecule has 0 aromatic carbocycles. The summed E-state index contributed by atoms with van der Waals surface area (Å²) < 4.78 is 5.37. The first-order valence-corrected chi connectivity index (χ1v) is 7.15. The number of hydrogen-bond acceptors (Lipinski definition) is 4. The maximum Gasteiger partial charge on any atom is 0.188 e. The summed E-state index contributed by atoms with van der Waals surface area (Å²) >= 11 is 6.74. The lowest BCUT2D eigenvalue weighted by Crippen LogP contribution is -2.32. The van der Waals surface area contributed by atoms with Crippen molar-refractivity contribution in [2.45, 2.75) is 5.75 Å². The highest BCUT2D eigenvalue weighted by molar-refractivity contribution is 9.10. The molecule has 0 unspecified atom stereocenters. The fraction of sp³-hybridized carbons (Fsp3) is 0.500. The van der Waals surface area contributed by atoms with E-state index < -0.39 is 0 Å². The second-order valence-electron chi connectivity index (χ2n) is 2.70. The highest BCUT2D eigenvalue weighted by atomic mass is 79.9. The molecule has 0 saturated heterocycles. The standard InChI is InChI=1S/C8H13BrN4S2.ClH/c1-11-8(10)12-2-3-14-5-7-6(9)4-15-13-7;/h4H,2-3,5H2,1H3,(H3,10,11,12);1H. The normalized spacial score (nSPS) is 11.0. The third kappa shape index (κ3) is 5.93. The molecule has 1 heterocycles. The predicted octanol–water partition coefficient (Wildman–Crippen LogP) is 2.09. The minimum atomic E-state index is 0. The number of rotatable bonds is 5. The molecule has 0 radical (unpaired) electrons. The van der Waals surface area contributed by atoms with Crippen LogP contribution >= 0.6 is 51.6 Å². The molecule has 92 valence electrons. The Balaban J connectivity index is 0.00000225. The van der Waals surface area contributed by atoms with E-state index >= 15 is 0 Å². The van der Waals surface area contributed by atoms with Crippen LogP contribution in [0.5, 0.6) is 0 Å². The monoisotopic (exact) mass is 344 g/mol. The Morgan fingerprint density at radius 1 is 1.75 bits per heavy atom. The summed E-state index contributed by atoms with van der Waals surface area (Å²) in [4.78, 5) is 3.81. The SMILES string of the molecule is CN=C(N)NCCSCc1nscc1Br.Cl. The topological polar surface area (TPSA) is 63.3 Å². The van der Waals surface area contributed by atoms with Crippen molar-refractivity contribution >= 4 is 57.6 Å². The van der Waals surface area contributed by atoms with E-state index in [1.165, 1.54) is 11.5 Å². The van der Waals surface area contributed by atoms with Gasteiger partial charge in [0.15, 0.2) is 5.96 Å². The number of halogens is 2. The molecule has 4 nitrogen and oxygen atoms in total. The van der Waals surface area contributed by atoms with Crippen molar-refractivity contribution in [2.24, 2.45) is 10.7 Å². The van der Waals surface area contributed by atoms with Crippen LogP contribution in [-0.2, 0) is 5.75 Å². The average Bonchev–Trinajstić information content (AvgIpc) is 2.63. The Morgan fingerprint density at radius 2 is 2.50 bits per heavy atom. The van der Waals surface area contributed by atoms with Gasteiger partial charge in [-0.2, -0.15) is 16.1 Å². The summed E-state index contributed by atoms with van der Waals surface area (Å²) in [6.45, 7) is 0.829. The molecule has 0 aliphatic rings. The van der Waals surface area contributed by atoms with E-state index in [1.54, 1.807) is 7.05 Å². The number of thioether (sulfide) groups is 1. The fourth-order valence-corrected chi connectivity index (χ4v) is 3.08. The van der Waals surface area contributed by atoms with Crippen molar-refractivity contribution in [3.63, 3.8) is 0 Å². The fourth-order valence-electron chi connectivity index (χ4n) is 0.842. The molecule has 0 spiro atoms.